The molecule has 1 N–H and O–H groups in total. The first-order chi connectivity index (χ1) is 9.95. The zero-order chi connectivity index (χ0) is 15.4. The molecule has 2 aromatic carbocycles. The van der Waals surface area contributed by atoms with Crippen molar-refractivity contribution >= 4 is 5.97 Å². The maximum atomic E-state index is 13.1. The van der Waals surface area contributed by atoms with Gasteiger partial charge in [0.05, 0.1) is 5.92 Å². The van der Waals surface area contributed by atoms with Gasteiger partial charge < -0.3 is 5.11 Å². The van der Waals surface area contributed by atoms with Gasteiger partial charge in [-0.25, -0.2) is 13.2 Å². The van der Waals surface area contributed by atoms with Gasteiger partial charge in [0.15, 0.2) is 11.6 Å². The lowest BCUT2D eigenvalue weighted by Gasteiger charge is -2.13. The molecular weight excluding hydrogens is 281 g/mol. The Morgan fingerprint density at radius 3 is 2.19 bits per heavy atom. The average molecular weight is 294 g/mol. The number of carbonyl (C=O) groups is 1. The summed E-state index contributed by atoms with van der Waals surface area (Å²) in [6.07, 6.45) is 0.162. The van der Waals surface area contributed by atoms with Crippen LogP contribution in [-0.4, -0.2) is 11.1 Å². The van der Waals surface area contributed by atoms with E-state index in [-0.39, 0.29) is 12.8 Å². The van der Waals surface area contributed by atoms with Gasteiger partial charge in [0.1, 0.15) is 5.82 Å². The van der Waals surface area contributed by atoms with Gasteiger partial charge in [-0.3, -0.25) is 4.79 Å². The molecule has 0 amide bonds. The van der Waals surface area contributed by atoms with Crippen LogP contribution in [0.25, 0.3) is 0 Å². The summed E-state index contributed by atoms with van der Waals surface area (Å²) in [5.74, 6) is -4.33. The summed E-state index contributed by atoms with van der Waals surface area (Å²) in [4.78, 5) is 11.3. The highest BCUT2D eigenvalue weighted by Gasteiger charge is 2.19. The first-order valence-electron chi connectivity index (χ1n) is 6.37. The Morgan fingerprint density at radius 1 is 0.952 bits per heavy atom. The second-order valence-corrected chi connectivity index (χ2v) is 4.82. The van der Waals surface area contributed by atoms with Crippen molar-refractivity contribution in [2.45, 2.75) is 12.8 Å². The molecule has 1 unspecified atom stereocenters. The van der Waals surface area contributed by atoms with E-state index in [4.69, 9.17) is 0 Å². The van der Waals surface area contributed by atoms with Crippen molar-refractivity contribution in [3.05, 3.63) is 71.0 Å². The summed E-state index contributed by atoms with van der Waals surface area (Å²) in [6.45, 7) is 0. The van der Waals surface area contributed by atoms with Crippen LogP contribution in [0.1, 0.15) is 11.1 Å². The van der Waals surface area contributed by atoms with E-state index in [1.165, 1.54) is 24.3 Å². The molecule has 0 radical (unpaired) electrons. The van der Waals surface area contributed by atoms with Crippen molar-refractivity contribution in [3.8, 4) is 0 Å². The lowest BCUT2D eigenvalue weighted by molar-refractivity contribution is -0.141. The van der Waals surface area contributed by atoms with Crippen LogP contribution in [0.5, 0.6) is 0 Å². The van der Waals surface area contributed by atoms with E-state index in [0.29, 0.717) is 11.1 Å². The average Bonchev–Trinajstić information content (AvgIpc) is 2.42. The number of hydrogen-bond acceptors (Lipinski definition) is 1. The van der Waals surface area contributed by atoms with E-state index in [1.807, 2.05) is 0 Å². The minimum atomic E-state index is -1.07. The van der Waals surface area contributed by atoms with Gasteiger partial charge in [-0.15, -0.1) is 0 Å². The van der Waals surface area contributed by atoms with Gasteiger partial charge in [0.25, 0.3) is 0 Å². The Bertz CT molecular complexity index is 656. The molecule has 0 heterocycles. The standard InChI is InChI=1S/C16H13F3O2/c17-13-3-1-2-10(8-13)6-12(16(20)21)7-11-4-5-14(18)15(19)9-11/h1-5,8-9,12H,6-7H2,(H,20,21). The third kappa shape index (κ3) is 4.08. The Kier molecular flexibility index (Phi) is 4.62. The molecular formula is C16H13F3O2. The number of aliphatic carboxylic acids is 1. The third-order valence-corrected chi connectivity index (χ3v) is 3.19. The Labute approximate surface area is 119 Å². The summed E-state index contributed by atoms with van der Waals surface area (Å²) in [6, 6.07) is 8.96. The quantitative estimate of drug-likeness (QED) is 0.915. The molecule has 0 aromatic heterocycles. The van der Waals surface area contributed by atoms with Crippen molar-refractivity contribution in [3.63, 3.8) is 0 Å². The molecule has 0 aliphatic heterocycles. The van der Waals surface area contributed by atoms with Crippen LogP contribution in [0, 0.1) is 23.4 Å². The topological polar surface area (TPSA) is 37.3 Å². The van der Waals surface area contributed by atoms with E-state index in [1.54, 1.807) is 6.07 Å². The Morgan fingerprint density at radius 2 is 1.62 bits per heavy atom. The molecule has 2 nitrogen and oxygen atoms in total. The number of hydrogen-bond donors (Lipinski definition) is 1. The molecule has 2 aromatic rings. The van der Waals surface area contributed by atoms with E-state index in [2.05, 4.69) is 0 Å². The van der Waals surface area contributed by atoms with Gasteiger partial charge in [0, 0.05) is 0 Å². The number of halogens is 3. The molecule has 0 saturated carbocycles. The first kappa shape index (κ1) is 15.1. The molecule has 5 heteroatoms. The normalized spacial score (nSPS) is 12.1. The zero-order valence-corrected chi connectivity index (χ0v) is 11.0. The number of benzene rings is 2. The number of carboxylic acids is 1. The van der Waals surface area contributed by atoms with Gasteiger partial charge in [0.2, 0.25) is 0 Å². The summed E-state index contributed by atoms with van der Waals surface area (Å²) in [7, 11) is 0. The summed E-state index contributed by atoms with van der Waals surface area (Å²) >= 11 is 0. The van der Waals surface area contributed by atoms with Crippen molar-refractivity contribution in [2.24, 2.45) is 5.92 Å². The third-order valence-electron chi connectivity index (χ3n) is 3.19. The fourth-order valence-corrected chi connectivity index (χ4v) is 2.15. The van der Waals surface area contributed by atoms with E-state index in [0.717, 1.165) is 12.1 Å². The number of carboxylic acid groups (broad SMARTS) is 1. The van der Waals surface area contributed by atoms with Crippen LogP contribution in [-0.2, 0) is 17.6 Å². The molecule has 0 aliphatic rings. The van der Waals surface area contributed by atoms with E-state index in [9.17, 15) is 23.1 Å². The largest absolute Gasteiger partial charge is 0.481 e. The maximum Gasteiger partial charge on any atom is 0.307 e. The van der Waals surface area contributed by atoms with E-state index < -0.39 is 29.3 Å². The lowest BCUT2D eigenvalue weighted by atomic mass is 9.92. The molecule has 21 heavy (non-hydrogen) atoms. The highest BCUT2D eigenvalue weighted by Crippen LogP contribution is 2.18. The van der Waals surface area contributed by atoms with Gasteiger partial charge >= 0.3 is 5.97 Å². The van der Waals surface area contributed by atoms with Gasteiger partial charge in [-0.05, 0) is 48.2 Å². The van der Waals surface area contributed by atoms with Crippen molar-refractivity contribution < 1.29 is 23.1 Å². The van der Waals surface area contributed by atoms with Crippen molar-refractivity contribution in [2.75, 3.05) is 0 Å². The fourth-order valence-electron chi connectivity index (χ4n) is 2.15. The van der Waals surface area contributed by atoms with Crippen LogP contribution in [0.3, 0.4) is 0 Å². The molecule has 0 spiro atoms. The molecule has 110 valence electrons. The minimum Gasteiger partial charge on any atom is -0.481 e. The molecule has 2 rings (SSSR count). The SMILES string of the molecule is O=C(O)C(Cc1cccc(F)c1)Cc1ccc(F)c(F)c1. The zero-order valence-electron chi connectivity index (χ0n) is 11.0. The summed E-state index contributed by atoms with van der Waals surface area (Å²) < 4.78 is 39.1. The van der Waals surface area contributed by atoms with Crippen molar-refractivity contribution in [1.29, 1.82) is 0 Å². The Hall–Kier alpha value is -2.30. The lowest BCUT2D eigenvalue weighted by Crippen LogP contribution is -2.19. The Balaban J connectivity index is 2.15. The van der Waals surface area contributed by atoms with E-state index >= 15 is 0 Å². The highest BCUT2D eigenvalue weighted by atomic mass is 19.2. The monoisotopic (exact) mass is 294 g/mol. The predicted molar refractivity (Wildman–Crippen MR) is 71.3 cm³/mol. The van der Waals surface area contributed by atoms with Crippen LogP contribution >= 0.6 is 0 Å². The summed E-state index contributed by atoms with van der Waals surface area (Å²) in [5, 5.41) is 9.23. The minimum absolute atomic E-state index is 0.0447. The predicted octanol–water partition coefficient (Wildman–Crippen LogP) is 3.59. The molecule has 0 saturated heterocycles. The van der Waals surface area contributed by atoms with Crippen LogP contribution < -0.4 is 0 Å². The van der Waals surface area contributed by atoms with Crippen LogP contribution in [0.15, 0.2) is 42.5 Å². The van der Waals surface area contributed by atoms with Crippen LogP contribution in [0.4, 0.5) is 13.2 Å². The number of rotatable bonds is 5. The maximum absolute atomic E-state index is 13.1. The fraction of sp³-hybridized carbons (Fsp3) is 0.188. The van der Waals surface area contributed by atoms with Gasteiger partial charge in [-0.2, -0.15) is 0 Å². The molecule has 0 aliphatic carbocycles. The smallest absolute Gasteiger partial charge is 0.307 e. The highest BCUT2D eigenvalue weighted by molar-refractivity contribution is 5.70. The van der Waals surface area contributed by atoms with Crippen LogP contribution in [0.2, 0.25) is 0 Å². The first-order valence-corrected chi connectivity index (χ1v) is 6.37. The second kappa shape index (κ2) is 6.43. The summed E-state index contributed by atoms with van der Waals surface area (Å²) in [5.41, 5.74) is 0.933. The van der Waals surface area contributed by atoms with Crippen molar-refractivity contribution in [1.82, 2.24) is 0 Å². The van der Waals surface area contributed by atoms with Gasteiger partial charge in [-0.1, -0.05) is 18.2 Å². The molecule has 0 fully saturated rings. The molecule has 0 bridgehead atoms. The molecule has 1 atom stereocenters. The second-order valence-electron chi connectivity index (χ2n) is 4.82.